The van der Waals surface area contributed by atoms with Gasteiger partial charge in [0.15, 0.2) is 23.0 Å². The average Bonchev–Trinajstić information content (AvgIpc) is 3.10. The van der Waals surface area contributed by atoms with Crippen LogP contribution in [0.2, 0.25) is 0 Å². The summed E-state index contributed by atoms with van der Waals surface area (Å²) in [7, 11) is 0. The molecule has 1 N–H and O–H groups in total. The number of aromatic nitrogens is 5. The van der Waals surface area contributed by atoms with Crippen molar-refractivity contribution in [3.05, 3.63) is 66.4 Å². The summed E-state index contributed by atoms with van der Waals surface area (Å²) in [5.41, 5.74) is 2.20. The van der Waals surface area contributed by atoms with Gasteiger partial charge in [0.1, 0.15) is 11.9 Å². The highest BCUT2D eigenvalue weighted by molar-refractivity contribution is 5.60. The molecule has 1 aromatic carbocycles. The molecule has 0 saturated carbocycles. The van der Waals surface area contributed by atoms with Crippen LogP contribution in [-0.4, -0.2) is 37.4 Å². The van der Waals surface area contributed by atoms with E-state index in [0.717, 1.165) is 22.8 Å². The van der Waals surface area contributed by atoms with Gasteiger partial charge in [-0.15, -0.1) is 10.2 Å². The number of hydrogen-bond donors (Lipinski definition) is 1. The minimum Gasteiger partial charge on any atom is -0.484 e. The fraction of sp³-hybridized carbons (Fsp3) is 0.158. The summed E-state index contributed by atoms with van der Waals surface area (Å²) in [6, 6.07) is 13.7. The Kier molecular flexibility index (Phi) is 3.67. The summed E-state index contributed by atoms with van der Waals surface area (Å²) in [6.45, 7) is 0.622. The van der Waals surface area contributed by atoms with Crippen molar-refractivity contribution >= 4 is 11.5 Å². The molecular formula is C19H15FN6O. The van der Waals surface area contributed by atoms with E-state index in [-0.39, 0.29) is 11.9 Å². The van der Waals surface area contributed by atoms with Crippen LogP contribution < -0.4 is 10.1 Å². The standard InChI is InChI=1S/C19H15FN6O/c20-13-5-3-12(4-6-13)15-7-8-17-23-24-18(26(17)25-15)10-14-11-22-19-16(27-14)2-1-9-21-19/h1-9,14H,10-11H2,(H,21,22). The molecule has 5 rings (SSSR count). The number of anilines is 1. The zero-order valence-electron chi connectivity index (χ0n) is 14.2. The number of benzene rings is 1. The molecule has 0 fully saturated rings. The van der Waals surface area contributed by atoms with Crippen molar-refractivity contribution in [1.82, 2.24) is 24.8 Å². The van der Waals surface area contributed by atoms with Crippen molar-refractivity contribution in [2.75, 3.05) is 11.9 Å². The van der Waals surface area contributed by atoms with E-state index in [9.17, 15) is 4.39 Å². The second kappa shape index (κ2) is 6.31. The predicted octanol–water partition coefficient (Wildman–Crippen LogP) is 2.74. The number of halogens is 1. The molecule has 1 aliphatic heterocycles. The van der Waals surface area contributed by atoms with Gasteiger partial charge in [-0.05, 0) is 48.5 Å². The van der Waals surface area contributed by atoms with Gasteiger partial charge in [-0.1, -0.05) is 0 Å². The normalized spacial score (nSPS) is 15.8. The first-order valence-corrected chi connectivity index (χ1v) is 8.59. The van der Waals surface area contributed by atoms with Crippen LogP contribution in [0.4, 0.5) is 10.2 Å². The first kappa shape index (κ1) is 15.7. The molecule has 3 aromatic heterocycles. The first-order chi connectivity index (χ1) is 13.3. The molecule has 134 valence electrons. The molecule has 4 heterocycles. The number of nitrogens with one attached hydrogen (secondary N) is 1. The monoisotopic (exact) mass is 362 g/mol. The molecule has 1 unspecified atom stereocenters. The highest BCUT2D eigenvalue weighted by Crippen LogP contribution is 2.27. The van der Waals surface area contributed by atoms with Gasteiger partial charge in [0, 0.05) is 18.2 Å². The molecule has 8 heteroatoms. The Hall–Kier alpha value is -3.55. The van der Waals surface area contributed by atoms with Crippen LogP contribution in [0.3, 0.4) is 0 Å². The molecular weight excluding hydrogens is 347 g/mol. The Labute approximate surface area is 153 Å². The first-order valence-electron chi connectivity index (χ1n) is 8.59. The molecule has 27 heavy (non-hydrogen) atoms. The maximum Gasteiger partial charge on any atom is 0.177 e. The van der Waals surface area contributed by atoms with Gasteiger partial charge in [-0.2, -0.15) is 9.61 Å². The van der Waals surface area contributed by atoms with Gasteiger partial charge in [-0.3, -0.25) is 0 Å². The fourth-order valence-electron chi connectivity index (χ4n) is 3.10. The zero-order chi connectivity index (χ0) is 18.2. The van der Waals surface area contributed by atoms with Crippen molar-refractivity contribution < 1.29 is 9.13 Å². The maximum absolute atomic E-state index is 13.2. The van der Waals surface area contributed by atoms with E-state index in [4.69, 9.17) is 4.74 Å². The van der Waals surface area contributed by atoms with Gasteiger partial charge >= 0.3 is 0 Å². The summed E-state index contributed by atoms with van der Waals surface area (Å²) in [5.74, 6) is 1.90. The number of ether oxygens (including phenoxy) is 1. The van der Waals surface area contributed by atoms with Crippen molar-refractivity contribution in [3.8, 4) is 17.0 Å². The largest absolute Gasteiger partial charge is 0.484 e. The molecule has 0 spiro atoms. The Bertz CT molecular complexity index is 1110. The van der Waals surface area contributed by atoms with Gasteiger partial charge in [0.05, 0.1) is 12.2 Å². The van der Waals surface area contributed by atoms with Crippen molar-refractivity contribution in [2.45, 2.75) is 12.5 Å². The topological polar surface area (TPSA) is 77.2 Å². The molecule has 4 aromatic rings. The SMILES string of the molecule is Fc1ccc(-c2ccc3nnc(CC4CNc5ncccc5O4)n3n2)cc1. The van der Waals surface area contributed by atoms with Crippen LogP contribution >= 0.6 is 0 Å². The lowest BCUT2D eigenvalue weighted by Crippen LogP contribution is -2.33. The van der Waals surface area contributed by atoms with Crippen LogP contribution in [0.5, 0.6) is 5.75 Å². The van der Waals surface area contributed by atoms with E-state index in [1.807, 2.05) is 24.3 Å². The molecule has 7 nitrogen and oxygen atoms in total. The molecule has 0 aliphatic carbocycles. The predicted molar refractivity (Wildman–Crippen MR) is 97.0 cm³/mol. The lowest BCUT2D eigenvalue weighted by molar-refractivity contribution is 0.202. The number of nitrogens with zero attached hydrogens (tertiary/aromatic N) is 5. The lowest BCUT2D eigenvalue weighted by Gasteiger charge is -2.25. The Balaban J connectivity index is 1.44. The number of pyridine rings is 1. The third kappa shape index (κ3) is 2.95. The Morgan fingerprint density at radius 1 is 1.11 bits per heavy atom. The quantitative estimate of drug-likeness (QED) is 0.604. The molecule has 1 aliphatic rings. The highest BCUT2D eigenvalue weighted by atomic mass is 19.1. The summed E-state index contributed by atoms with van der Waals surface area (Å²) in [4.78, 5) is 4.24. The smallest absolute Gasteiger partial charge is 0.177 e. The van der Waals surface area contributed by atoms with Gasteiger partial charge in [-0.25, -0.2) is 9.37 Å². The maximum atomic E-state index is 13.2. The molecule has 0 radical (unpaired) electrons. The van der Waals surface area contributed by atoms with E-state index < -0.39 is 0 Å². The van der Waals surface area contributed by atoms with E-state index in [2.05, 4.69) is 25.6 Å². The number of fused-ring (bicyclic) bond motifs is 2. The summed E-state index contributed by atoms with van der Waals surface area (Å²) in [6.07, 6.45) is 2.16. The average molecular weight is 362 g/mol. The van der Waals surface area contributed by atoms with Gasteiger partial charge < -0.3 is 10.1 Å². The fourth-order valence-corrected chi connectivity index (χ4v) is 3.10. The summed E-state index contributed by atoms with van der Waals surface area (Å²) in [5, 5.41) is 16.3. The second-order valence-electron chi connectivity index (χ2n) is 6.29. The minimum atomic E-state index is -0.276. The van der Waals surface area contributed by atoms with Crippen molar-refractivity contribution in [2.24, 2.45) is 0 Å². The molecule has 0 amide bonds. The third-order valence-corrected chi connectivity index (χ3v) is 4.44. The third-order valence-electron chi connectivity index (χ3n) is 4.44. The zero-order valence-corrected chi connectivity index (χ0v) is 14.2. The van der Waals surface area contributed by atoms with Gasteiger partial charge in [0.2, 0.25) is 0 Å². The van der Waals surface area contributed by atoms with E-state index in [1.54, 1.807) is 22.8 Å². The lowest BCUT2D eigenvalue weighted by atomic mass is 10.1. The Morgan fingerprint density at radius 3 is 2.89 bits per heavy atom. The molecule has 0 bridgehead atoms. The second-order valence-corrected chi connectivity index (χ2v) is 6.29. The van der Waals surface area contributed by atoms with E-state index in [0.29, 0.717) is 24.4 Å². The van der Waals surface area contributed by atoms with Crippen LogP contribution in [-0.2, 0) is 6.42 Å². The van der Waals surface area contributed by atoms with E-state index in [1.165, 1.54) is 12.1 Å². The van der Waals surface area contributed by atoms with Crippen molar-refractivity contribution in [3.63, 3.8) is 0 Å². The van der Waals surface area contributed by atoms with Crippen LogP contribution in [0, 0.1) is 5.82 Å². The molecule has 0 saturated heterocycles. The summed E-state index contributed by atoms with van der Waals surface area (Å²) >= 11 is 0. The Morgan fingerprint density at radius 2 is 2.00 bits per heavy atom. The number of rotatable bonds is 3. The van der Waals surface area contributed by atoms with E-state index >= 15 is 0 Å². The summed E-state index contributed by atoms with van der Waals surface area (Å²) < 4.78 is 20.9. The highest BCUT2D eigenvalue weighted by Gasteiger charge is 2.22. The van der Waals surface area contributed by atoms with Crippen LogP contribution in [0.25, 0.3) is 16.9 Å². The molecule has 1 atom stereocenters. The minimum absolute atomic E-state index is 0.106. The van der Waals surface area contributed by atoms with Crippen LogP contribution in [0.1, 0.15) is 5.82 Å². The number of hydrogen-bond acceptors (Lipinski definition) is 6. The van der Waals surface area contributed by atoms with Crippen LogP contribution in [0.15, 0.2) is 54.7 Å². The van der Waals surface area contributed by atoms with Gasteiger partial charge in [0.25, 0.3) is 0 Å². The van der Waals surface area contributed by atoms with Crippen molar-refractivity contribution in [1.29, 1.82) is 0 Å².